The van der Waals surface area contributed by atoms with Crippen LogP contribution in [0.3, 0.4) is 0 Å². The fourth-order valence-corrected chi connectivity index (χ4v) is 2.55. The molecule has 2 N–H and O–H groups in total. The number of hydrogen-bond donors (Lipinski definition) is 2. The monoisotopic (exact) mass is 368 g/mol. The molecule has 0 bridgehead atoms. The van der Waals surface area contributed by atoms with Crippen LogP contribution in [-0.2, 0) is 4.79 Å². The zero-order chi connectivity index (χ0) is 20.0. The molecule has 0 aromatic heterocycles. The van der Waals surface area contributed by atoms with Gasteiger partial charge < -0.3 is 15.4 Å². The van der Waals surface area contributed by atoms with Crippen molar-refractivity contribution >= 4 is 17.5 Å². The van der Waals surface area contributed by atoms with E-state index in [1.165, 1.54) is 5.56 Å². The number of para-hydroxylation sites is 1. The molecule has 0 spiro atoms. The molecule has 27 heavy (non-hydrogen) atoms. The van der Waals surface area contributed by atoms with Crippen LogP contribution in [0.2, 0.25) is 0 Å². The molecule has 144 valence electrons. The third-order valence-corrected chi connectivity index (χ3v) is 4.08. The van der Waals surface area contributed by atoms with E-state index in [1.807, 2.05) is 38.1 Å². The number of amides is 2. The van der Waals surface area contributed by atoms with Crippen molar-refractivity contribution < 1.29 is 14.3 Å². The predicted octanol–water partition coefficient (Wildman–Crippen LogP) is 4.35. The van der Waals surface area contributed by atoms with Gasteiger partial charge >= 0.3 is 0 Å². The Morgan fingerprint density at radius 3 is 2.11 bits per heavy atom. The van der Waals surface area contributed by atoms with Gasteiger partial charge in [-0.25, -0.2) is 0 Å². The minimum atomic E-state index is -0.698. The summed E-state index contributed by atoms with van der Waals surface area (Å²) in [5.41, 5.74) is 2.10. The Morgan fingerprint density at radius 1 is 0.889 bits per heavy atom. The highest BCUT2D eigenvalue weighted by Crippen LogP contribution is 2.20. The lowest BCUT2D eigenvalue weighted by Gasteiger charge is -2.17. The minimum absolute atomic E-state index is 0.0114. The first-order valence-electron chi connectivity index (χ1n) is 9.25. The topological polar surface area (TPSA) is 67.4 Å². The van der Waals surface area contributed by atoms with E-state index >= 15 is 0 Å². The summed E-state index contributed by atoms with van der Waals surface area (Å²) in [5, 5.41) is 5.62. The lowest BCUT2D eigenvalue weighted by Crippen LogP contribution is -2.33. The zero-order valence-corrected chi connectivity index (χ0v) is 16.6. The number of nitrogens with one attached hydrogen (secondary N) is 2. The van der Waals surface area contributed by atoms with Crippen molar-refractivity contribution in [2.24, 2.45) is 0 Å². The van der Waals surface area contributed by atoms with Crippen molar-refractivity contribution in [3.63, 3.8) is 0 Å². The van der Waals surface area contributed by atoms with E-state index in [9.17, 15) is 9.59 Å². The third kappa shape index (κ3) is 5.84. The van der Waals surface area contributed by atoms with Crippen molar-refractivity contribution in [3.05, 3.63) is 59.7 Å². The first-order valence-corrected chi connectivity index (χ1v) is 9.25. The van der Waals surface area contributed by atoms with Crippen LogP contribution in [0, 0.1) is 0 Å². The molecule has 5 nitrogen and oxygen atoms in total. The van der Waals surface area contributed by atoms with Gasteiger partial charge in [0.25, 0.3) is 11.8 Å². The molecule has 2 rings (SSSR count). The third-order valence-electron chi connectivity index (χ3n) is 4.08. The van der Waals surface area contributed by atoms with Crippen LogP contribution in [0.25, 0.3) is 0 Å². The Labute approximate surface area is 161 Å². The standard InChI is InChI=1S/C22H28N2O3/c1-14(2)17-10-12-18(13-11-17)27-16(5)21(25)24-20-9-7-6-8-19(20)22(26)23-15(3)4/h6-16H,1-5H3,(H,23,26)(H,24,25). The SMILES string of the molecule is CC(C)NC(=O)c1ccccc1NC(=O)C(C)Oc1ccc(C(C)C)cc1. The van der Waals surface area contributed by atoms with Gasteiger partial charge in [0, 0.05) is 6.04 Å². The first kappa shape index (κ1) is 20.5. The molecule has 0 saturated carbocycles. The van der Waals surface area contributed by atoms with Gasteiger partial charge in [0.15, 0.2) is 6.10 Å². The number of benzene rings is 2. The fourth-order valence-electron chi connectivity index (χ4n) is 2.55. The van der Waals surface area contributed by atoms with E-state index < -0.39 is 6.10 Å². The molecule has 0 aliphatic rings. The van der Waals surface area contributed by atoms with Crippen molar-refractivity contribution in [1.29, 1.82) is 0 Å². The highest BCUT2D eigenvalue weighted by molar-refractivity contribution is 6.04. The van der Waals surface area contributed by atoms with Crippen LogP contribution in [0.5, 0.6) is 5.75 Å². The van der Waals surface area contributed by atoms with Gasteiger partial charge in [-0.05, 0) is 56.5 Å². The summed E-state index contributed by atoms with van der Waals surface area (Å²) in [4.78, 5) is 24.8. The molecule has 0 fully saturated rings. The average Bonchev–Trinajstić information content (AvgIpc) is 2.61. The summed E-state index contributed by atoms with van der Waals surface area (Å²) >= 11 is 0. The summed E-state index contributed by atoms with van der Waals surface area (Å²) in [6.45, 7) is 9.71. The second kappa shape index (κ2) is 9.21. The van der Waals surface area contributed by atoms with Gasteiger partial charge in [0.1, 0.15) is 5.75 Å². The number of rotatable bonds is 7. The Hall–Kier alpha value is -2.82. The van der Waals surface area contributed by atoms with Crippen LogP contribution in [0.15, 0.2) is 48.5 Å². The summed E-state index contributed by atoms with van der Waals surface area (Å²) < 4.78 is 5.74. The molecular formula is C22H28N2O3. The molecule has 0 aliphatic heterocycles. The van der Waals surface area contributed by atoms with E-state index in [4.69, 9.17) is 4.74 Å². The Kier molecular flexibility index (Phi) is 6.99. The van der Waals surface area contributed by atoms with Crippen LogP contribution in [-0.4, -0.2) is 24.0 Å². The number of carbonyl (C=O) groups excluding carboxylic acids is 2. The van der Waals surface area contributed by atoms with E-state index in [0.29, 0.717) is 22.9 Å². The molecular weight excluding hydrogens is 340 g/mol. The molecule has 0 radical (unpaired) electrons. The average molecular weight is 368 g/mol. The van der Waals surface area contributed by atoms with Gasteiger partial charge in [-0.2, -0.15) is 0 Å². The molecule has 1 unspecified atom stereocenters. The second-order valence-electron chi connectivity index (χ2n) is 7.15. The van der Waals surface area contributed by atoms with Gasteiger partial charge in [-0.3, -0.25) is 9.59 Å². The van der Waals surface area contributed by atoms with Crippen LogP contribution in [0.1, 0.15) is 56.5 Å². The van der Waals surface area contributed by atoms with Gasteiger partial charge in [0.05, 0.1) is 11.3 Å². The molecule has 5 heteroatoms. The molecule has 0 heterocycles. The Balaban J connectivity index is 2.05. The summed E-state index contributed by atoms with van der Waals surface area (Å²) in [6, 6.07) is 14.7. The van der Waals surface area contributed by atoms with E-state index in [2.05, 4.69) is 24.5 Å². The van der Waals surface area contributed by atoms with Gasteiger partial charge in [-0.1, -0.05) is 38.1 Å². The minimum Gasteiger partial charge on any atom is -0.481 e. The number of anilines is 1. The quantitative estimate of drug-likeness (QED) is 0.763. The number of ether oxygens (including phenoxy) is 1. The number of carbonyl (C=O) groups is 2. The molecule has 0 aliphatic carbocycles. The summed E-state index contributed by atoms with van der Waals surface area (Å²) in [6.07, 6.45) is -0.698. The lowest BCUT2D eigenvalue weighted by molar-refractivity contribution is -0.122. The maximum absolute atomic E-state index is 12.5. The second-order valence-corrected chi connectivity index (χ2v) is 7.15. The Morgan fingerprint density at radius 2 is 1.52 bits per heavy atom. The Bertz CT molecular complexity index is 782. The first-order chi connectivity index (χ1) is 12.8. The molecule has 0 saturated heterocycles. The molecule has 2 aromatic carbocycles. The van der Waals surface area contributed by atoms with E-state index in [1.54, 1.807) is 31.2 Å². The van der Waals surface area contributed by atoms with Gasteiger partial charge in [0.2, 0.25) is 0 Å². The van der Waals surface area contributed by atoms with Crippen LogP contribution >= 0.6 is 0 Å². The maximum Gasteiger partial charge on any atom is 0.265 e. The lowest BCUT2D eigenvalue weighted by atomic mass is 10.0. The smallest absolute Gasteiger partial charge is 0.265 e. The van der Waals surface area contributed by atoms with Crippen molar-refractivity contribution in [1.82, 2.24) is 5.32 Å². The fraction of sp³-hybridized carbons (Fsp3) is 0.364. The van der Waals surface area contributed by atoms with Crippen molar-refractivity contribution in [3.8, 4) is 5.75 Å². The number of hydrogen-bond acceptors (Lipinski definition) is 3. The maximum atomic E-state index is 12.5. The predicted molar refractivity (Wildman–Crippen MR) is 108 cm³/mol. The normalized spacial score (nSPS) is 12.0. The molecule has 2 aromatic rings. The van der Waals surface area contributed by atoms with Crippen LogP contribution in [0.4, 0.5) is 5.69 Å². The van der Waals surface area contributed by atoms with Crippen molar-refractivity contribution in [2.45, 2.75) is 52.7 Å². The molecule has 1 atom stereocenters. The summed E-state index contributed by atoms with van der Waals surface area (Å²) in [7, 11) is 0. The highest BCUT2D eigenvalue weighted by atomic mass is 16.5. The van der Waals surface area contributed by atoms with Crippen molar-refractivity contribution in [2.75, 3.05) is 5.32 Å². The highest BCUT2D eigenvalue weighted by Gasteiger charge is 2.18. The largest absolute Gasteiger partial charge is 0.481 e. The zero-order valence-electron chi connectivity index (χ0n) is 16.6. The molecule has 2 amide bonds. The van der Waals surface area contributed by atoms with E-state index in [-0.39, 0.29) is 17.9 Å². The van der Waals surface area contributed by atoms with Gasteiger partial charge in [-0.15, -0.1) is 0 Å². The van der Waals surface area contributed by atoms with E-state index in [0.717, 1.165) is 0 Å². The van der Waals surface area contributed by atoms with Crippen LogP contribution < -0.4 is 15.4 Å². The summed E-state index contributed by atoms with van der Waals surface area (Å²) in [5.74, 6) is 0.535.